The number of hydrogen-bond acceptors (Lipinski definition) is 2. The molecule has 0 heterocycles. The van der Waals surface area contributed by atoms with Crippen LogP contribution in [0.1, 0.15) is 316 Å². The molecule has 0 aromatic carbocycles. The van der Waals surface area contributed by atoms with E-state index in [2.05, 4.69) is 20.8 Å². The predicted molar refractivity (Wildman–Crippen MR) is 247 cm³/mol. The van der Waals surface area contributed by atoms with Crippen molar-refractivity contribution in [3.8, 4) is 0 Å². The van der Waals surface area contributed by atoms with Crippen LogP contribution in [0.2, 0.25) is 0 Å². The molecule has 0 aliphatic rings. The average molecular weight is 765 g/mol. The van der Waals surface area contributed by atoms with E-state index in [1.54, 1.807) is 0 Å². The van der Waals surface area contributed by atoms with Gasteiger partial charge in [-0.3, -0.25) is 0 Å². The summed E-state index contributed by atoms with van der Waals surface area (Å²) in [7, 11) is 0. The number of rotatable bonds is 48. The van der Waals surface area contributed by atoms with Crippen molar-refractivity contribution in [2.75, 3.05) is 19.8 Å². The van der Waals surface area contributed by atoms with Crippen molar-refractivity contribution in [2.45, 2.75) is 316 Å². The third kappa shape index (κ3) is 58.6. The largest absolute Gasteiger partial charge is 0.396 e. The highest BCUT2D eigenvalue weighted by Crippen LogP contribution is 2.16. The van der Waals surface area contributed by atoms with Crippen molar-refractivity contribution in [3.05, 3.63) is 0 Å². The van der Waals surface area contributed by atoms with Crippen LogP contribution in [0.4, 0.5) is 0 Å². The molecule has 0 atom stereocenters. The number of hydrogen-bond donors (Lipinski definition) is 1. The van der Waals surface area contributed by atoms with Crippen LogP contribution in [0.5, 0.6) is 0 Å². The minimum Gasteiger partial charge on any atom is -0.396 e. The lowest BCUT2D eigenvalue weighted by molar-refractivity contribution is 0.125. The van der Waals surface area contributed by atoms with Gasteiger partial charge in [0.05, 0.1) is 0 Å². The van der Waals surface area contributed by atoms with Gasteiger partial charge in [-0.05, 0) is 19.3 Å². The van der Waals surface area contributed by atoms with Crippen LogP contribution in [0.15, 0.2) is 0 Å². The topological polar surface area (TPSA) is 29.5 Å². The first-order valence-corrected chi connectivity index (χ1v) is 26.0. The Labute approximate surface area is 344 Å². The van der Waals surface area contributed by atoms with Crippen molar-refractivity contribution in [2.24, 2.45) is 0 Å². The molecular weight excluding hydrogens is 657 g/mol. The molecule has 328 valence electrons. The lowest BCUT2D eigenvalue weighted by Crippen LogP contribution is -1.97. The SMILES string of the molecule is CCCCCCCCCCCCCCCCCCO.CCCCCCCCCCCCCCCCCCOCCCCCCCCCCCCCCCC. The van der Waals surface area contributed by atoms with Crippen LogP contribution >= 0.6 is 0 Å². The quantitative estimate of drug-likeness (QED) is 0.0625. The monoisotopic (exact) mass is 765 g/mol. The van der Waals surface area contributed by atoms with Crippen molar-refractivity contribution in [1.82, 2.24) is 0 Å². The van der Waals surface area contributed by atoms with Crippen LogP contribution in [0.25, 0.3) is 0 Å². The molecule has 54 heavy (non-hydrogen) atoms. The summed E-state index contributed by atoms with van der Waals surface area (Å²) in [6.07, 6.45) is 65.2. The Kier molecular flexibility index (Phi) is 59.4. The van der Waals surface area contributed by atoms with Crippen molar-refractivity contribution in [1.29, 1.82) is 0 Å². The first-order valence-electron chi connectivity index (χ1n) is 26.0. The molecule has 0 unspecified atom stereocenters. The summed E-state index contributed by atoms with van der Waals surface area (Å²) in [5, 5.41) is 8.67. The smallest absolute Gasteiger partial charge is 0.0466 e. The first kappa shape index (κ1) is 56.0. The van der Waals surface area contributed by atoms with Crippen molar-refractivity contribution < 1.29 is 9.84 Å². The summed E-state index contributed by atoms with van der Waals surface area (Å²) in [5.74, 6) is 0. The molecule has 2 heteroatoms. The number of unbranched alkanes of at least 4 members (excludes halogenated alkanes) is 43. The fourth-order valence-electron chi connectivity index (χ4n) is 7.91. The lowest BCUT2D eigenvalue weighted by atomic mass is 10.0. The van der Waals surface area contributed by atoms with E-state index in [0.717, 1.165) is 19.6 Å². The molecule has 0 amide bonds. The Balaban J connectivity index is 0. The zero-order valence-electron chi connectivity index (χ0n) is 38.5. The molecule has 0 aliphatic heterocycles. The summed E-state index contributed by atoms with van der Waals surface area (Å²) in [6.45, 7) is 9.26. The Morgan fingerprint density at radius 2 is 0.352 bits per heavy atom. The number of aliphatic hydroxyl groups excluding tert-OH is 1. The van der Waals surface area contributed by atoms with Gasteiger partial charge in [0, 0.05) is 19.8 Å². The van der Waals surface area contributed by atoms with Gasteiger partial charge in [0.1, 0.15) is 0 Å². The maximum Gasteiger partial charge on any atom is 0.0466 e. The molecule has 0 saturated heterocycles. The van der Waals surface area contributed by atoms with Gasteiger partial charge in [0.15, 0.2) is 0 Å². The Morgan fingerprint density at radius 3 is 0.519 bits per heavy atom. The van der Waals surface area contributed by atoms with Gasteiger partial charge in [-0.1, -0.05) is 297 Å². The highest BCUT2D eigenvalue weighted by atomic mass is 16.5. The number of aliphatic hydroxyl groups is 1. The molecule has 1 N–H and O–H groups in total. The van der Waals surface area contributed by atoms with E-state index in [4.69, 9.17) is 9.84 Å². The number of ether oxygens (including phenoxy) is 1. The minimum atomic E-state index is 0.373. The van der Waals surface area contributed by atoms with Crippen LogP contribution in [-0.4, -0.2) is 24.9 Å². The zero-order chi connectivity index (χ0) is 39.4. The molecular formula is C52H108O2. The van der Waals surface area contributed by atoms with E-state index in [1.807, 2.05) is 0 Å². The molecule has 0 aromatic rings. The van der Waals surface area contributed by atoms with Gasteiger partial charge in [-0.2, -0.15) is 0 Å². The second-order valence-electron chi connectivity index (χ2n) is 17.5. The summed E-state index contributed by atoms with van der Waals surface area (Å²) in [4.78, 5) is 0. The second kappa shape index (κ2) is 57.2. The van der Waals surface area contributed by atoms with Crippen LogP contribution in [0.3, 0.4) is 0 Å². The summed E-state index contributed by atoms with van der Waals surface area (Å²) >= 11 is 0. The fraction of sp³-hybridized carbons (Fsp3) is 1.00. The standard InChI is InChI=1S/C34H70O.C18H38O/c1-3-5-7-9-11-13-15-17-19-20-22-24-26-28-30-32-34-35-33-31-29-27-25-23-21-18-16-14-12-10-8-6-4-2;1-2-3-4-5-6-7-8-9-10-11-12-13-14-15-16-17-18-19/h3-34H2,1-2H3;19H,2-18H2,1H3. The van der Waals surface area contributed by atoms with Gasteiger partial charge in [0.25, 0.3) is 0 Å². The third-order valence-electron chi connectivity index (χ3n) is 11.8. The molecule has 0 aromatic heterocycles. The summed E-state index contributed by atoms with van der Waals surface area (Å²) in [5.41, 5.74) is 0. The highest BCUT2D eigenvalue weighted by Gasteiger charge is 1.98. The third-order valence-corrected chi connectivity index (χ3v) is 11.8. The molecule has 0 fully saturated rings. The van der Waals surface area contributed by atoms with Crippen LogP contribution in [-0.2, 0) is 4.74 Å². The first-order chi connectivity index (χ1) is 26.8. The highest BCUT2D eigenvalue weighted by molar-refractivity contribution is 4.53. The average Bonchev–Trinajstić information content (AvgIpc) is 3.18. The molecule has 0 spiro atoms. The van der Waals surface area contributed by atoms with E-state index < -0.39 is 0 Å². The van der Waals surface area contributed by atoms with Gasteiger partial charge in [0.2, 0.25) is 0 Å². The molecule has 2 nitrogen and oxygen atoms in total. The maximum atomic E-state index is 8.67. The van der Waals surface area contributed by atoms with E-state index >= 15 is 0 Å². The molecule has 0 bridgehead atoms. The zero-order valence-corrected chi connectivity index (χ0v) is 38.5. The van der Waals surface area contributed by atoms with Crippen LogP contribution in [0, 0.1) is 0 Å². The van der Waals surface area contributed by atoms with E-state index in [1.165, 1.54) is 289 Å². The van der Waals surface area contributed by atoms with E-state index in [9.17, 15) is 0 Å². The molecule has 0 aliphatic carbocycles. The summed E-state index contributed by atoms with van der Waals surface area (Å²) < 4.78 is 5.86. The Hall–Kier alpha value is -0.0800. The maximum absolute atomic E-state index is 8.67. The molecule has 0 saturated carbocycles. The Bertz CT molecular complexity index is 529. The molecule has 0 rings (SSSR count). The minimum absolute atomic E-state index is 0.373. The van der Waals surface area contributed by atoms with Gasteiger partial charge < -0.3 is 9.84 Å². The van der Waals surface area contributed by atoms with Crippen LogP contribution < -0.4 is 0 Å². The van der Waals surface area contributed by atoms with Crippen molar-refractivity contribution >= 4 is 0 Å². The Morgan fingerprint density at radius 1 is 0.204 bits per heavy atom. The van der Waals surface area contributed by atoms with E-state index in [0.29, 0.717) is 6.61 Å². The van der Waals surface area contributed by atoms with Gasteiger partial charge in [-0.25, -0.2) is 0 Å². The van der Waals surface area contributed by atoms with E-state index in [-0.39, 0.29) is 0 Å². The normalized spacial score (nSPS) is 11.3. The van der Waals surface area contributed by atoms with Gasteiger partial charge >= 0.3 is 0 Å². The lowest BCUT2D eigenvalue weighted by Gasteiger charge is -2.05. The van der Waals surface area contributed by atoms with Gasteiger partial charge in [-0.15, -0.1) is 0 Å². The fourth-order valence-corrected chi connectivity index (χ4v) is 7.91. The predicted octanol–water partition coefficient (Wildman–Crippen LogP) is 19.0. The molecule has 0 radical (unpaired) electrons. The summed E-state index contributed by atoms with van der Waals surface area (Å²) in [6, 6.07) is 0. The second-order valence-corrected chi connectivity index (χ2v) is 17.5. The van der Waals surface area contributed by atoms with Crippen molar-refractivity contribution in [3.63, 3.8) is 0 Å².